The van der Waals surface area contributed by atoms with Gasteiger partial charge in [0.05, 0.1) is 10.6 Å². The Morgan fingerprint density at radius 2 is 1.88 bits per heavy atom. The van der Waals surface area contributed by atoms with Crippen LogP contribution in [-0.2, 0) is 16.4 Å². The number of hydrogen-bond donors (Lipinski definition) is 1. The third-order valence-electron chi connectivity index (χ3n) is 4.47. The maximum absolute atomic E-state index is 13.1. The number of nitrogens with one attached hydrogen (secondary N) is 1. The van der Waals surface area contributed by atoms with E-state index in [1.807, 2.05) is 26.8 Å². The Labute approximate surface area is 155 Å². The molecule has 0 unspecified atom stereocenters. The van der Waals surface area contributed by atoms with Crippen molar-refractivity contribution < 1.29 is 13.2 Å². The lowest BCUT2D eigenvalue weighted by Crippen LogP contribution is -2.35. The first kappa shape index (κ1) is 18.5. The topological polar surface area (TPSA) is 66.5 Å². The van der Waals surface area contributed by atoms with Crippen LogP contribution in [0, 0.1) is 5.92 Å². The average molecular weight is 372 g/mol. The van der Waals surface area contributed by atoms with Crippen LogP contribution in [-0.4, -0.2) is 26.9 Å². The van der Waals surface area contributed by atoms with E-state index in [1.54, 1.807) is 42.5 Å². The summed E-state index contributed by atoms with van der Waals surface area (Å²) in [6.45, 7) is 6.58. The summed E-state index contributed by atoms with van der Waals surface area (Å²) in [4.78, 5) is 12.6. The van der Waals surface area contributed by atoms with Crippen LogP contribution < -0.4 is 9.62 Å². The molecular weight excluding hydrogens is 348 g/mol. The fraction of sp³-hybridized carbons (Fsp3) is 0.350. The number of carbonyl (C=O) groups excluding carboxylic acids is 1. The highest BCUT2D eigenvalue weighted by Crippen LogP contribution is 2.37. The quantitative estimate of drug-likeness (QED) is 0.876. The molecule has 0 spiro atoms. The molecule has 3 rings (SSSR count). The molecule has 2 aromatic rings. The number of anilines is 1. The van der Waals surface area contributed by atoms with Gasteiger partial charge in [0.1, 0.15) is 0 Å². The minimum absolute atomic E-state index is 0.126. The van der Waals surface area contributed by atoms with Crippen LogP contribution in [0.5, 0.6) is 0 Å². The number of fused-ring (bicyclic) bond motifs is 1. The monoisotopic (exact) mass is 372 g/mol. The lowest BCUT2D eigenvalue weighted by atomic mass is 10.1. The zero-order valence-corrected chi connectivity index (χ0v) is 16.1. The molecule has 6 heteroatoms. The second-order valence-corrected chi connectivity index (χ2v) is 8.93. The summed E-state index contributed by atoms with van der Waals surface area (Å²) < 4.78 is 27.6. The zero-order valence-electron chi connectivity index (χ0n) is 15.3. The van der Waals surface area contributed by atoms with Crippen molar-refractivity contribution in [2.45, 2.75) is 38.1 Å². The molecule has 5 nitrogen and oxygen atoms in total. The van der Waals surface area contributed by atoms with Crippen molar-refractivity contribution in [3.05, 3.63) is 59.7 Å². The first-order valence-corrected chi connectivity index (χ1v) is 10.3. The van der Waals surface area contributed by atoms with E-state index in [4.69, 9.17) is 0 Å². The highest BCUT2D eigenvalue weighted by atomic mass is 32.2. The molecule has 2 aromatic carbocycles. The van der Waals surface area contributed by atoms with Crippen LogP contribution in [0.25, 0.3) is 0 Å². The maximum Gasteiger partial charge on any atom is 0.264 e. The number of nitrogens with zero attached hydrogens (tertiary/aromatic N) is 1. The lowest BCUT2D eigenvalue weighted by molar-refractivity contribution is 0.0949. The molecule has 1 N–H and O–H groups in total. The van der Waals surface area contributed by atoms with E-state index >= 15 is 0 Å². The molecule has 0 aliphatic carbocycles. The van der Waals surface area contributed by atoms with E-state index in [0.717, 1.165) is 5.56 Å². The summed E-state index contributed by atoms with van der Waals surface area (Å²) in [6.07, 6.45) is 0.590. The van der Waals surface area contributed by atoms with E-state index < -0.39 is 10.0 Å². The third-order valence-corrected chi connectivity index (χ3v) is 6.41. The van der Waals surface area contributed by atoms with Crippen molar-refractivity contribution in [1.82, 2.24) is 5.32 Å². The normalized spacial score (nSPS) is 16.6. The van der Waals surface area contributed by atoms with Crippen molar-refractivity contribution in [3.8, 4) is 0 Å². The lowest BCUT2D eigenvalue weighted by Gasteiger charge is -2.24. The van der Waals surface area contributed by atoms with Gasteiger partial charge in [-0.3, -0.25) is 9.10 Å². The smallest absolute Gasteiger partial charge is 0.264 e. The van der Waals surface area contributed by atoms with Gasteiger partial charge in [0.25, 0.3) is 15.9 Å². The van der Waals surface area contributed by atoms with Crippen molar-refractivity contribution in [2.24, 2.45) is 5.92 Å². The molecule has 0 bridgehead atoms. The molecule has 1 aliphatic heterocycles. The Kier molecular flexibility index (Phi) is 5.05. The van der Waals surface area contributed by atoms with E-state index in [1.165, 1.54) is 4.31 Å². The Morgan fingerprint density at radius 1 is 1.19 bits per heavy atom. The Balaban J connectivity index is 1.92. The molecular formula is C20H24N2O3S. The van der Waals surface area contributed by atoms with Gasteiger partial charge in [-0.15, -0.1) is 0 Å². The molecule has 0 saturated carbocycles. The highest BCUT2D eigenvalue weighted by Gasteiger charge is 2.36. The summed E-state index contributed by atoms with van der Waals surface area (Å²) in [6, 6.07) is 13.5. The van der Waals surface area contributed by atoms with Crippen molar-refractivity contribution in [3.63, 3.8) is 0 Å². The summed E-state index contributed by atoms with van der Waals surface area (Å²) in [7, 11) is -3.62. The van der Waals surface area contributed by atoms with E-state index in [-0.39, 0.29) is 16.8 Å². The Hall–Kier alpha value is -2.34. The Morgan fingerprint density at radius 3 is 2.54 bits per heavy atom. The predicted octanol–water partition coefficient (Wildman–Crippen LogP) is 3.21. The maximum atomic E-state index is 13.1. The van der Waals surface area contributed by atoms with Gasteiger partial charge in [-0.05, 0) is 55.2 Å². The standard InChI is InChI=1S/C20H24N2O3S/c1-14(2)13-21-20(23)16-9-10-19-17(12-16)11-15(3)22(19)26(24,25)18-7-5-4-6-8-18/h4-10,12,14-15H,11,13H2,1-3H3,(H,21,23)/t15-/m1/s1. The predicted molar refractivity (Wildman–Crippen MR) is 103 cm³/mol. The zero-order chi connectivity index (χ0) is 18.9. The van der Waals surface area contributed by atoms with Crippen LogP contribution >= 0.6 is 0 Å². The first-order valence-electron chi connectivity index (χ1n) is 8.81. The number of sulfonamides is 1. The molecule has 1 heterocycles. The molecule has 138 valence electrons. The minimum Gasteiger partial charge on any atom is -0.352 e. The van der Waals surface area contributed by atoms with Crippen LogP contribution in [0.2, 0.25) is 0 Å². The van der Waals surface area contributed by atoms with E-state index in [0.29, 0.717) is 30.1 Å². The van der Waals surface area contributed by atoms with E-state index in [2.05, 4.69) is 5.32 Å². The number of rotatable bonds is 5. The summed E-state index contributed by atoms with van der Waals surface area (Å²) >= 11 is 0. The molecule has 0 aromatic heterocycles. The van der Waals surface area contributed by atoms with Crippen molar-refractivity contribution >= 4 is 21.6 Å². The van der Waals surface area contributed by atoms with Gasteiger partial charge in [0, 0.05) is 18.2 Å². The molecule has 0 fully saturated rings. The summed E-state index contributed by atoms with van der Waals surface area (Å²) in [5, 5.41) is 2.90. The minimum atomic E-state index is -3.62. The third kappa shape index (κ3) is 3.46. The summed E-state index contributed by atoms with van der Waals surface area (Å²) in [5.41, 5.74) is 2.10. The van der Waals surface area contributed by atoms with E-state index in [9.17, 15) is 13.2 Å². The van der Waals surface area contributed by atoms with Crippen molar-refractivity contribution in [1.29, 1.82) is 0 Å². The second kappa shape index (κ2) is 7.11. The van der Waals surface area contributed by atoms with Gasteiger partial charge in [-0.2, -0.15) is 0 Å². The Bertz CT molecular complexity index is 908. The fourth-order valence-electron chi connectivity index (χ4n) is 3.22. The summed E-state index contributed by atoms with van der Waals surface area (Å²) in [5.74, 6) is 0.249. The molecule has 0 saturated heterocycles. The molecule has 1 amide bonds. The van der Waals surface area contributed by atoms with Gasteiger partial charge in [0.15, 0.2) is 0 Å². The average Bonchev–Trinajstić information content (AvgIpc) is 2.95. The number of benzene rings is 2. The van der Waals surface area contributed by atoms with Crippen LogP contribution in [0.3, 0.4) is 0 Å². The van der Waals surface area contributed by atoms with Gasteiger partial charge >= 0.3 is 0 Å². The molecule has 26 heavy (non-hydrogen) atoms. The SMILES string of the molecule is CC(C)CNC(=O)c1ccc2c(c1)C[C@@H](C)N2S(=O)(=O)c1ccccc1. The number of amides is 1. The first-order chi connectivity index (χ1) is 12.3. The van der Waals surface area contributed by atoms with Crippen LogP contribution in [0.4, 0.5) is 5.69 Å². The van der Waals surface area contributed by atoms with Gasteiger partial charge in [0.2, 0.25) is 0 Å². The molecule has 0 radical (unpaired) electrons. The van der Waals surface area contributed by atoms with Crippen molar-refractivity contribution in [2.75, 3.05) is 10.8 Å². The fourth-order valence-corrected chi connectivity index (χ4v) is 4.93. The van der Waals surface area contributed by atoms with Crippen LogP contribution in [0.1, 0.15) is 36.7 Å². The van der Waals surface area contributed by atoms with Gasteiger partial charge < -0.3 is 5.32 Å². The largest absolute Gasteiger partial charge is 0.352 e. The van der Waals surface area contributed by atoms with Gasteiger partial charge in [-0.1, -0.05) is 32.0 Å². The molecule has 1 atom stereocenters. The highest BCUT2D eigenvalue weighted by molar-refractivity contribution is 7.92. The second-order valence-electron chi connectivity index (χ2n) is 7.11. The van der Waals surface area contributed by atoms with Crippen LogP contribution in [0.15, 0.2) is 53.4 Å². The van der Waals surface area contributed by atoms with Gasteiger partial charge in [-0.25, -0.2) is 8.42 Å². The number of hydrogen-bond acceptors (Lipinski definition) is 3. The number of carbonyl (C=O) groups is 1. The molecule has 1 aliphatic rings.